The Labute approximate surface area is 91.9 Å². The molecule has 0 aliphatic carbocycles. The number of rotatable bonds is 3. The maximum atomic E-state index is 11.1. The van der Waals surface area contributed by atoms with Crippen molar-refractivity contribution in [1.82, 2.24) is 0 Å². The zero-order valence-corrected chi connectivity index (χ0v) is 10.2. The molecule has 78 valence electrons. The van der Waals surface area contributed by atoms with Crippen LogP contribution in [0.4, 0.5) is 0 Å². The maximum Gasteiger partial charge on any atom is 0.239 e. The number of halogens is 1. The Morgan fingerprint density at radius 1 is 1.43 bits per heavy atom. The Kier molecular flexibility index (Phi) is 3.56. The third-order valence-electron chi connectivity index (χ3n) is 1.53. The summed E-state index contributed by atoms with van der Waals surface area (Å²) in [6, 6.07) is 4.25. The Balaban J connectivity index is 3.44. The third-order valence-corrected chi connectivity index (χ3v) is 4.26. The minimum Gasteiger partial charge on any atom is -0.497 e. The second-order valence-electron chi connectivity index (χ2n) is 2.42. The van der Waals surface area contributed by atoms with Gasteiger partial charge in [-0.3, -0.25) is 3.07 Å². The lowest BCUT2D eigenvalue weighted by atomic mass is 10.3. The van der Waals surface area contributed by atoms with Crippen LogP contribution in [0.2, 0.25) is 0 Å². The van der Waals surface area contributed by atoms with Crippen LogP contribution in [-0.4, -0.2) is 15.5 Å². The van der Waals surface area contributed by atoms with Gasteiger partial charge < -0.3 is 4.74 Å². The molecule has 0 saturated carbocycles. The van der Waals surface area contributed by atoms with Crippen molar-refractivity contribution < 1.29 is 16.2 Å². The van der Waals surface area contributed by atoms with Gasteiger partial charge >= 0.3 is 0 Å². The molecule has 0 atom stereocenters. The fourth-order valence-corrected chi connectivity index (χ4v) is 3.34. The fraction of sp³-hybridized carbons (Fsp3) is 0.143. The van der Waals surface area contributed by atoms with Gasteiger partial charge in [-0.05, 0) is 12.1 Å². The molecule has 0 unspecified atom stereocenters. The number of ether oxygens (including phenoxy) is 1. The van der Waals surface area contributed by atoms with E-state index in [0.29, 0.717) is 5.75 Å². The SMILES string of the molecule is COc1ccc(I=O)c(S(N)(=O)=O)c1. The van der Waals surface area contributed by atoms with Gasteiger partial charge in [-0.2, -0.15) is 0 Å². The number of methoxy groups -OCH3 is 1. The van der Waals surface area contributed by atoms with Crippen LogP contribution in [0.15, 0.2) is 23.1 Å². The van der Waals surface area contributed by atoms with Crippen molar-refractivity contribution in [2.24, 2.45) is 5.14 Å². The fourth-order valence-electron chi connectivity index (χ4n) is 0.892. The van der Waals surface area contributed by atoms with Crippen molar-refractivity contribution >= 4 is 31.2 Å². The van der Waals surface area contributed by atoms with E-state index >= 15 is 0 Å². The number of sulfonamides is 1. The van der Waals surface area contributed by atoms with Gasteiger partial charge in [0.2, 0.25) is 10.0 Å². The van der Waals surface area contributed by atoms with E-state index in [9.17, 15) is 11.5 Å². The number of hydrogen-bond acceptors (Lipinski definition) is 4. The van der Waals surface area contributed by atoms with Crippen molar-refractivity contribution in [3.8, 4) is 5.75 Å². The van der Waals surface area contributed by atoms with Gasteiger partial charge in [0.25, 0.3) is 0 Å². The molecule has 0 aromatic heterocycles. The van der Waals surface area contributed by atoms with Crippen LogP contribution in [0.5, 0.6) is 5.75 Å². The molecule has 0 aliphatic rings. The summed E-state index contributed by atoms with van der Waals surface area (Å²) in [6.45, 7) is 0. The van der Waals surface area contributed by atoms with Gasteiger partial charge in [0, 0.05) is 6.07 Å². The monoisotopic (exact) mass is 329 g/mol. The Hall–Kier alpha value is -0.540. The number of benzene rings is 1. The molecular formula is C7H8INO4S. The van der Waals surface area contributed by atoms with E-state index in [4.69, 9.17) is 9.88 Å². The third kappa shape index (κ3) is 2.49. The highest BCUT2D eigenvalue weighted by Gasteiger charge is 2.15. The minimum absolute atomic E-state index is 0.125. The predicted molar refractivity (Wildman–Crippen MR) is 57.8 cm³/mol. The van der Waals surface area contributed by atoms with Crippen LogP contribution in [0.25, 0.3) is 0 Å². The molecular weight excluding hydrogens is 321 g/mol. The summed E-state index contributed by atoms with van der Waals surface area (Å²) in [5.74, 6) is 0.371. The molecule has 0 fully saturated rings. The molecule has 14 heavy (non-hydrogen) atoms. The smallest absolute Gasteiger partial charge is 0.239 e. The van der Waals surface area contributed by atoms with Crippen LogP contribution in [0.1, 0.15) is 0 Å². The summed E-state index contributed by atoms with van der Waals surface area (Å²) >= 11 is -1.56. The van der Waals surface area contributed by atoms with Gasteiger partial charge in [-0.15, -0.1) is 0 Å². The normalized spacial score (nSPS) is 11.3. The lowest BCUT2D eigenvalue weighted by molar-refractivity contribution is 0.413. The number of primary sulfonamides is 1. The Bertz CT molecular complexity index is 457. The average molecular weight is 329 g/mol. The van der Waals surface area contributed by atoms with Gasteiger partial charge in [-0.1, -0.05) is 0 Å². The standard InChI is InChI=1S/C7H8INO4S/c1-13-5-2-3-6(8-10)7(4-5)14(9,11)12/h2-4H,1H3,(H2,9,11,12). The minimum atomic E-state index is -3.83. The first-order valence-electron chi connectivity index (χ1n) is 3.47. The molecule has 0 heterocycles. The van der Waals surface area contributed by atoms with Crippen molar-refractivity contribution in [3.63, 3.8) is 0 Å². The molecule has 5 nitrogen and oxygen atoms in total. The lowest BCUT2D eigenvalue weighted by Gasteiger charge is -2.04. The first-order valence-corrected chi connectivity index (χ1v) is 6.97. The highest BCUT2D eigenvalue weighted by molar-refractivity contribution is 14.1. The molecule has 0 amide bonds. The second-order valence-corrected chi connectivity index (χ2v) is 5.55. The van der Waals surface area contributed by atoms with Crippen molar-refractivity contribution in [3.05, 3.63) is 21.8 Å². The van der Waals surface area contributed by atoms with Crippen LogP contribution >= 0.6 is 21.2 Å². The quantitative estimate of drug-likeness (QED) is 0.832. The van der Waals surface area contributed by atoms with E-state index < -0.39 is 31.2 Å². The molecule has 0 radical (unpaired) electrons. The van der Waals surface area contributed by atoms with Crippen molar-refractivity contribution in [1.29, 1.82) is 0 Å². The van der Waals surface area contributed by atoms with Gasteiger partial charge in [0.1, 0.15) is 10.6 Å². The Morgan fingerprint density at radius 2 is 2.07 bits per heavy atom. The summed E-state index contributed by atoms with van der Waals surface area (Å²) in [5.41, 5.74) is 0. The maximum absolute atomic E-state index is 11.1. The largest absolute Gasteiger partial charge is 0.497 e. The predicted octanol–water partition coefficient (Wildman–Crippen LogP) is 0.828. The van der Waals surface area contributed by atoms with E-state index in [0.717, 1.165) is 0 Å². The molecule has 1 rings (SSSR count). The molecule has 1 aromatic carbocycles. The molecule has 0 aliphatic heterocycles. The van der Waals surface area contributed by atoms with Crippen LogP contribution in [0, 0.1) is 3.57 Å². The molecule has 1 aromatic rings. The first-order chi connectivity index (χ1) is 6.49. The molecule has 0 spiro atoms. The summed E-state index contributed by atoms with van der Waals surface area (Å²) in [4.78, 5) is -0.125. The van der Waals surface area contributed by atoms with E-state index in [-0.39, 0.29) is 8.47 Å². The number of hydrogen-bond donors (Lipinski definition) is 1. The summed E-state index contributed by atoms with van der Waals surface area (Å²) in [6.07, 6.45) is 0. The summed E-state index contributed by atoms with van der Waals surface area (Å²) in [7, 11) is -2.42. The summed E-state index contributed by atoms with van der Waals surface area (Å²) < 4.78 is 38.0. The van der Waals surface area contributed by atoms with Crippen LogP contribution < -0.4 is 9.88 Å². The van der Waals surface area contributed by atoms with Gasteiger partial charge in [-0.25, -0.2) is 13.6 Å². The average Bonchev–Trinajstić information content (AvgIpc) is 2.15. The van der Waals surface area contributed by atoms with Crippen LogP contribution in [0.3, 0.4) is 0 Å². The molecule has 7 heteroatoms. The van der Waals surface area contributed by atoms with E-state index in [1.165, 1.54) is 19.2 Å². The van der Waals surface area contributed by atoms with Gasteiger partial charge in [0.15, 0.2) is 21.2 Å². The van der Waals surface area contributed by atoms with Gasteiger partial charge in [0.05, 0.1) is 10.7 Å². The molecule has 0 bridgehead atoms. The molecule has 2 N–H and O–H groups in total. The molecule has 0 saturated heterocycles. The van der Waals surface area contributed by atoms with Crippen molar-refractivity contribution in [2.75, 3.05) is 7.11 Å². The highest BCUT2D eigenvalue weighted by Crippen LogP contribution is 2.24. The zero-order valence-electron chi connectivity index (χ0n) is 7.23. The topological polar surface area (TPSA) is 86.5 Å². The van der Waals surface area contributed by atoms with E-state index in [1.54, 1.807) is 6.07 Å². The second kappa shape index (κ2) is 4.32. The van der Waals surface area contributed by atoms with E-state index in [1.807, 2.05) is 0 Å². The van der Waals surface area contributed by atoms with Crippen molar-refractivity contribution in [2.45, 2.75) is 4.90 Å². The Morgan fingerprint density at radius 3 is 2.50 bits per heavy atom. The highest BCUT2D eigenvalue weighted by atomic mass is 127. The van der Waals surface area contributed by atoms with E-state index in [2.05, 4.69) is 0 Å². The summed E-state index contributed by atoms with van der Waals surface area (Å²) in [5, 5.41) is 4.95. The van der Waals surface area contributed by atoms with Crippen LogP contribution in [-0.2, 0) is 13.1 Å². The zero-order chi connectivity index (χ0) is 10.8. The first kappa shape index (κ1) is 11.5. The number of nitrogens with two attached hydrogens (primary N) is 1. The lowest BCUT2D eigenvalue weighted by Crippen LogP contribution is -2.13.